The van der Waals surface area contributed by atoms with Gasteiger partial charge >= 0.3 is 0 Å². The van der Waals surface area contributed by atoms with Gasteiger partial charge < -0.3 is 10.6 Å². The normalized spacial score (nSPS) is 19.6. The molecule has 3 aromatic heterocycles. The van der Waals surface area contributed by atoms with Crippen molar-refractivity contribution in [3.63, 3.8) is 0 Å². The molecule has 3 fully saturated rings. The highest BCUT2D eigenvalue weighted by Gasteiger charge is 2.58. The summed E-state index contributed by atoms with van der Waals surface area (Å²) in [6.45, 7) is 9.04. The SMILES string of the molecule is Cc1ccc2c([C@H](Nc3cc(C#N)c4ncc(C#N)c(NCC(C)(C)C)c4c3)c3cn(C45CC(C4)C5)nn3)cccc2n1. The summed E-state index contributed by atoms with van der Waals surface area (Å²) in [5.41, 5.74) is 6.59. The molecule has 0 radical (unpaired) electrons. The van der Waals surface area contributed by atoms with Gasteiger partial charge in [-0.3, -0.25) is 9.97 Å². The Morgan fingerprint density at radius 1 is 1.05 bits per heavy atom. The van der Waals surface area contributed by atoms with E-state index in [4.69, 9.17) is 4.98 Å². The van der Waals surface area contributed by atoms with E-state index in [0.717, 1.165) is 44.8 Å². The molecular weight excluding hydrogens is 534 g/mol. The van der Waals surface area contributed by atoms with Gasteiger partial charge in [-0.25, -0.2) is 4.68 Å². The first-order chi connectivity index (χ1) is 20.7. The van der Waals surface area contributed by atoms with Crippen molar-refractivity contribution in [3.05, 3.63) is 82.9 Å². The summed E-state index contributed by atoms with van der Waals surface area (Å²) in [4.78, 5) is 9.29. The third kappa shape index (κ3) is 4.62. The zero-order valence-electron chi connectivity index (χ0n) is 24.8. The van der Waals surface area contributed by atoms with Crippen molar-refractivity contribution in [1.82, 2.24) is 25.0 Å². The van der Waals surface area contributed by atoms with Crippen molar-refractivity contribution < 1.29 is 0 Å². The second kappa shape index (κ2) is 9.78. The largest absolute Gasteiger partial charge is 0.383 e. The number of benzene rings is 2. The highest BCUT2D eigenvalue weighted by Crippen LogP contribution is 2.62. The van der Waals surface area contributed by atoms with Crippen molar-refractivity contribution in [1.29, 1.82) is 10.5 Å². The van der Waals surface area contributed by atoms with Crippen LogP contribution in [0.25, 0.3) is 21.8 Å². The van der Waals surface area contributed by atoms with Crippen LogP contribution in [0.5, 0.6) is 0 Å². The zero-order chi connectivity index (χ0) is 29.9. The fraction of sp³-hybridized carbons (Fsp3) is 0.353. The average molecular weight is 568 g/mol. The molecule has 9 nitrogen and oxygen atoms in total. The number of nitrogens with one attached hydrogen (secondary N) is 2. The first-order valence-corrected chi connectivity index (χ1v) is 14.7. The quantitative estimate of drug-likeness (QED) is 0.225. The molecule has 43 heavy (non-hydrogen) atoms. The molecule has 3 aliphatic rings. The van der Waals surface area contributed by atoms with Gasteiger partial charge in [0.2, 0.25) is 0 Å². The molecule has 0 spiro atoms. The van der Waals surface area contributed by atoms with E-state index in [1.165, 1.54) is 19.3 Å². The first-order valence-electron chi connectivity index (χ1n) is 14.7. The van der Waals surface area contributed by atoms with Crippen LogP contribution in [-0.2, 0) is 5.54 Å². The minimum absolute atomic E-state index is 0.0195. The number of hydrogen-bond donors (Lipinski definition) is 2. The summed E-state index contributed by atoms with van der Waals surface area (Å²) in [6, 6.07) is 18.3. The van der Waals surface area contributed by atoms with Crippen LogP contribution in [0, 0.1) is 40.9 Å². The second-order valence-corrected chi connectivity index (χ2v) is 13.3. The van der Waals surface area contributed by atoms with Crippen molar-refractivity contribution >= 4 is 33.2 Å². The molecule has 0 amide bonds. The van der Waals surface area contributed by atoms with Gasteiger partial charge in [0, 0.05) is 34.9 Å². The van der Waals surface area contributed by atoms with Crippen molar-refractivity contribution in [2.24, 2.45) is 11.3 Å². The molecule has 2 bridgehead atoms. The zero-order valence-corrected chi connectivity index (χ0v) is 24.8. The van der Waals surface area contributed by atoms with Crippen LogP contribution in [0.2, 0.25) is 0 Å². The number of anilines is 2. The van der Waals surface area contributed by atoms with Crippen molar-refractivity contribution in [2.45, 2.75) is 58.5 Å². The fourth-order valence-corrected chi connectivity index (χ4v) is 6.46. The Kier molecular flexibility index (Phi) is 6.10. The lowest BCUT2D eigenvalue weighted by Crippen LogP contribution is -2.59. The minimum Gasteiger partial charge on any atom is -0.383 e. The Bertz CT molecular complexity index is 1970. The molecule has 0 aliphatic heterocycles. The lowest BCUT2D eigenvalue weighted by Gasteiger charge is -2.61. The third-order valence-corrected chi connectivity index (χ3v) is 8.83. The lowest BCUT2D eigenvalue weighted by atomic mass is 9.50. The molecule has 3 aliphatic carbocycles. The number of fused-ring (bicyclic) bond motifs is 2. The van der Waals surface area contributed by atoms with E-state index in [9.17, 15) is 10.5 Å². The van der Waals surface area contributed by atoms with E-state index < -0.39 is 0 Å². The van der Waals surface area contributed by atoms with Gasteiger partial charge in [0.25, 0.3) is 0 Å². The summed E-state index contributed by atoms with van der Waals surface area (Å²) in [7, 11) is 0. The Morgan fingerprint density at radius 3 is 2.53 bits per heavy atom. The van der Waals surface area contributed by atoms with Crippen LogP contribution < -0.4 is 10.6 Å². The predicted molar refractivity (Wildman–Crippen MR) is 166 cm³/mol. The second-order valence-electron chi connectivity index (χ2n) is 13.3. The van der Waals surface area contributed by atoms with Crippen LogP contribution >= 0.6 is 0 Å². The van der Waals surface area contributed by atoms with E-state index in [1.807, 2.05) is 37.3 Å². The fourth-order valence-electron chi connectivity index (χ4n) is 6.46. The van der Waals surface area contributed by atoms with Crippen molar-refractivity contribution in [3.8, 4) is 12.1 Å². The monoisotopic (exact) mass is 567 g/mol. The summed E-state index contributed by atoms with van der Waals surface area (Å²) in [5, 5.41) is 38.3. The molecule has 214 valence electrons. The van der Waals surface area contributed by atoms with Gasteiger partial charge in [-0.15, -0.1) is 5.10 Å². The van der Waals surface area contributed by atoms with Gasteiger partial charge in [0.05, 0.1) is 45.6 Å². The molecule has 9 heteroatoms. The Morgan fingerprint density at radius 2 is 1.84 bits per heavy atom. The van der Waals surface area contributed by atoms with Gasteiger partial charge in [-0.05, 0) is 67.3 Å². The van der Waals surface area contributed by atoms with Crippen LogP contribution in [0.15, 0.2) is 54.9 Å². The number of hydrogen-bond acceptors (Lipinski definition) is 8. The molecular formula is C34H33N9. The highest BCUT2D eigenvalue weighted by atomic mass is 15.5. The molecule has 0 unspecified atom stereocenters. The topological polar surface area (TPSA) is 128 Å². The molecule has 8 rings (SSSR count). The van der Waals surface area contributed by atoms with E-state index in [2.05, 4.69) is 81.9 Å². The minimum atomic E-state index is -0.364. The number of nitrogens with zero attached hydrogens (tertiary/aromatic N) is 7. The van der Waals surface area contributed by atoms with Crippen LogP contribution in [0.4, 0.5) is 11.4 Å². The lowest BCUT2D eigenvalue weighted by molar-refractivity contribution is -0.0989. The van der Waals surface area contributed by atoms with E-state index in [0.29, 0.717) is 28.9 Å². The van der Waals surface area contributed by atoms with Crippen molar-refractivity contribution in [2.75, 3.05) is 17.2 Å². The standard InChI is InChI=1S/C34H33N9/c1-20-8-9-25-26(6-5-7-28(25)39-20)32(29-18-43(42-41-29)34-12-21(13-34)14-34)40-24-10-22(15-35)30-27(11-24)31(23(16-36)17-37-30)38-19-33(2,3)4/h5-11,17-18,21,32,40H,12-14,19H2,1-4H3,(H,37,38)/t21?,32-,34?/m0/s1. The summed E-state index contributed by atoms with van der Waals surface area (Å²) < 4.78 is 2.06. The van der Waals surface area contributed by atoms with E-state index >= 15 is 0 Å². The molecule has 3 heterocycles. The number of aryl methyl sites for hydroxylation is 1. The van der Waals surface area contributed by atoms with Crippen LogP contribution in [-0.4, -0.2) is 31.5 Å². The van der Waals surface area contributed by atoms with Gasteiger partial charge in [-0.1, -0.05) is 44.2 Å². The molecule has 0 saturated heterocycles. The maximum absolute atomic E-state index is 10.2. The number of rotatable bonds is 7. The summed E-state index contributed by atoms with van der Waals surface area (Å²) in [5.74, 6) is 0.823. The number of pyridine rings is 2. The molecule has 2 aromatic carbocycles. The Labute approximate surface area is 250 Å². The predicted octanol–water partition coefficient (Wildman–Crippen LogP) is 6.59. The average Bonchev–Trinajstić information content (AvgIpc) is 3.40. The summed E-state index contributed by atoms with van der Waals surface area (Å²) >= 11 is 0. The van der Waals surface area contributed by atoms with Gasteiger partial charge in [0.15, 0.2) is 0 Å². The summed E-state index contributed by atoms with van der Waals surface area (Å²) in [6.07, 6.45) is 7.12. The Balaban J connectivity index is 1.37. The van der Waals surface area contributed by atoms with Gasteiger partial charge in [-0.2, -0.15) is 10.5 Å². The van der Waals surface area contributed by atoms with Crippen LogP contribution in [0.1, 0.15) is 74.2 Å². The number of nitriles is 2. The molecule has 3 saturated carbocycles. The van der Waals surface area contributed by atoms with E-state index in [1.54, 1.807) is 6.20 Å². The molecule has 1 atom stereocenters. The maximum Gasteiger partial charge on any atom is 0.110 e. The van der Waals surface area contributed by atoms with E-state index in [-0.39, 0.29) is 17.0 Å². The smallest absolute Gasteiger partial charge is 0.110 e. The number of aromatic nitrogens is 5. The maximum atomic E-state index is 10.2. The third-order valence-electron chi connectivity index (χ3n) is 8.83. The molecule has 2 N–H and O–H groups in total. The Hall–Kier alpha value is -5.02. The first kappa shape index (κ1) is 26.9. The highest BCUT2D eigenvalue weighted by molar-refractivity contribution is 5.99. The van der Waals surface area contributed by atoms with Gasteiger partial charge in [0.1, 0.15) is 17.8 Å². The molecule has 5 aromatic rings. The van der Waals surface area contributed by atoms with Crippen LogP contribution in [0.3, 0.4) is 0 Å².